The molecule has 1 amide bonds. The minimum absolute atomic E-state index is 0.108. The maximum atomic E-state index is 13.3. The average Bonchev–Trinajstić information content (AvgIpc) is 2.97. The highest BCUT2D eigenvalue weighted by Crippen LogP contribution is 2.46. The van der Waals surface area contributed by atoms with Gasteiger partial charge in [0.25, 0.3) is 0 Å². The Hall–Kier alpha value is -2.85. The van der Waals surface area contributed by atoms with E-state index < -0.39 is 6.23 Å². The molecule has 4 rings (SSSR count). The number of carbonyl (C=O) groups is 1. The van der Waals surface area contributed by atoms with Crippen LogP contribution in [0, 0.1) is 0 Å². The molecule has 1 aromatic heterocycles. The molecule has 2 aromatic carbocycles. The molecule has 0 saturated carbocycles. The number of anilines is 1. The summed E-state index contributed by atoms with van der Waals surface area (Å²) < 4.78 is 18.4. The SMILES string of the molecule is CCOc1cc([C@H]2Oc3nc(SC)nnc3-c3ccccc3N2C(=O)CC)cc(Br)c1OC. The molecular formula is C23H23BrN4O4S. The molecule has 0 radical (unpaired) electrons. The van der Waals surface area contributed by atoms with Crippen LogP contribution in [0.3, 0.4) is 0 Å². The van der Waals surface area contributed by atoms with E-state index in [0.717, 1.165) is 5.56 Å². The number of thioether (sulfide) groups is 1. The third-order valence-electron chi connectivity index (χ3n) is 5.09. The van der Waals surface area contributed by atoms with Crippen LogP contribution in [0.4, 0.5) is 5.69 Å². The monoisotopic (exact) mass is 530 g/mol. The normalized spacial score (nSPS) is 14.6. The summed E-state index contributed by atoms with van der Waals surface area (Å²) in [6, 6.07) is 11.2. The minimum atomic E-state index is -0.812. The van der Waals surface area contributed by atoms with Gasteiger partial charge in [0.15, 0.2) is 17.2 Å². The third-order valence-corrected chi connectivity index (χ3v) is 6.21. The molecule has 33 heavy (non-hydrogen) atoms. The second kappa shape index (κ2) is 9.96. The van der Waals surface area contributed by atoms with Gasteiger partial charge >= 0.3 is 0 Å². The Morgan fingerprint density at radius 2 is 2.03 bits per heavy atom. The van der Waals surface area contributed by atoms with Gasteiger partial charge in [-0.25, -0.2) is 0 Å². The van der Waals surface area contributed by atoms with E-state index in [4.69, 9.17) is 14.2 Å². The van der Waals surface area contributed by atoms with Crippen molar-refractivity contribution in [2.45, 2.75) is 31.7 Å². The topological polar surface area (TPSA) is 86.7 Å². The fourth-order valence-corrected chi connectivity index (χ4v) is 4.57. The highest BCUT2D eigenvalue weighted by Gasteiger charge is 2.36. The highest BCUT2D eigenvalue weighted by atomic mass is 79.9. The molecule has 172 valence electrons. The van der Waals surface area contributed by atoms with Crippen LogP contribution in [-0.2, 0) is 4.79 Å². The van der Waals surface area contributed by atoms with Crippen LogP contribution in [0.2, 0.25) is 0 Å². The molecule has 8 nitrogen and oxygen atoms in total. The number of ether oxygens (including phenoxy) is 3. The van der Waals surface area contributed by atoms with Crippen LogP contribution < -0.4 is 19.1 Å². The lowest BCUT2D eigenvalue weighted by Crippen LogP contribution is -2.37. The van der Waals surface area contributed by atoms with Gasteiger partial charge in [0.2, 0.25) is 23.2 Å². The largest absolute Gasteiger partial charge is 0.492 e. The van der Waals surface area contributed by atoms with Crippen molar-refractivity contribution >= 4 is 39.3 Å². The van der Waals surface area contributed by atoms with Gasteiger partial charge < -0.3 is 14.2 Å². The van der Waals surface area contributed by atoms with Gasteiger partial charge in [-0.3, -0.25) is 9.69 Å². The van der Waals surface area contributed by atoms with E-state index in [1.54, 1.807) is 12.0 Å². The number of hydrogen-bond acceptors (Lipinski definition) is 8. The summed E-state index contributed by atoms with van der Waals surface area (Å²) in [5.41, 5.74) is 2.57. The summed E-state index contributed by atoms with van der Waals surface area (Å²) in [6.45, 7) is 4.17. The first kappa shape index (κ1) is 23.3. The molecule has 0 bridgehead atoms. The van der Waals surface area contributed by atoms with Gasteiger partial charge in [-0.15, -0.1) is 10.2 Å². The van der Waals surface area contributed by atoms with Crippen LogP contribution in [0.5, 0.6) is 17.4 Å². The number of benzene rings is 2. The fraction of sp³-hybridized carbons (Fsp3) is 0.304. The third kappa shape index (κ3) is 4.37. The van der Waals surface area contributed by atoms with Crippen molar-refractivity contribution in [2.75, 3.05) is 24.9 Å². The minimum Gasteiger partial charge on any atom is -0.492 e. The van der Waals surface area contributed by atoms with Gasteiger partial charge in [0, 0.05) is 17.5 Å². The summed E-state index contributed by atoms with van der Waals surface area (Å²) in [6.07, 6.45) is 1.34. The number of fused-ring (bicyclic) bond motifs is 3. The van der Waals surface area contributed by atoms with E-state index >= 15 is 0 Å². The number of nitrogens with zero attached hydrogens (tertiary/aromatic N) is 4. The highest BCUT2D eigenvalue weighted by molar-refractivity contribution is 9.10. The van der Waals surface area contributed by atoms with Crippen LogP contribution >= 0.6 is 27.7 Å². The molecule has 0 saturated heterocycles. The number of carbonyl (C=O) groups excluding carboxylic acids is 1. The van der Waals surface area contributed by atoms with Crippen molar-refractivity contribution < 1.29 is 19.0 Å². The van der Waals surface area contributed by atoms with Gasteiger partial charge in [-0.1, -0.05) is 36.9 Å². The van der Waals surface area contributed by atoms with E-state index in [9.17, 15) is 4.79 Å². The lowest BCUT2D eigenvalue weighted by Gasteiger charge is -2.31. The molecule has 1 aliphatic heterocycles. The Morgan fingerprint density at radius 1 is 1.24 bits per heavy atom. The summed E-state index contributed by atoms with van der Waals surface area (Å²) in [7, 11) is 1.58. The standard InChI is InChI=1S/C23H23BrN4O4S/c1-5-18(29)28-16-10-8-7-9-14(16)19-21(25-23(33-4)27-26-19)32-22(28)13-11-15(24)20(30-3)17(12-13)31-6-2/h7-12,22H,5-6H2,1-4H3/t22-/m1/s1. The lowest BCUT2D eigenvalue weighted by molar-refractivity contribution is -0.120. The quantitative estimate of drug-likeness (QED) is 0.398. The van der Waals surface area contributed by atoms with Crippen molar-refractivity contribution in [3.8, 4) is 28.6 Å². The Labute approximate surface area is 204 Å². The van der Waals surface area contributed by atoms with Crippen LogP contribution in [0.1, 0.15) is 32.1 Å². The lowest BCUT2D eigenvalue weighted by atomic mass is 10.1. The zero-order valence-electron chi connectivity index (χ0n) is 18.7. The van der Waals surface area contributed by atoms with Crippen molar-refractivity contribution in [3.63, 3.8) is 0 Å². The Kier molecular flexibility index (Phi) is 7.04. The predicted octanol–water partition coefficient (Wildman–Crippen LogP) is 5.26. The molecule has 0 N–H and O–H groups in total. The summed E-state index contributed by atoms with van der Waals surface area (Å²) in [5.74, 6) is 1.31. The van der Waals surface area contributed by atoms with Gasteiger partial charge in [0.05, 0.1) is 23.9 Å². The predicted molar refractivity (Wildman–Crippen MR) is 130 cm³/mol. The molecule has 0 spiro atoms. The number of halogens is 1. The second-order valence-corrected chi connectivity index (χ2v) is 8.65. The molecule has 0 fully saturated rings. The second-order valence-electron chi connectivity index (χ2n) is 7.02. The average molecular weight is 531 g/mol. The van der Waals surface area contributed by atoms with E-state index in [-0.39, 0.29) is 12.3 Å². The molecule has 0 unspecified atom stereocenters. The van der Waals surface area contributed by atoms with Crippen molar-refractivity contribution in [2.24, 2.45) is 0 Å². The maximum absolute atomic E-state index is 13.3. The smallest absolute Gasteiger partial charge is 0.247 e. The Balaban J connectivity index is 1.97. The Bertz CT molecular complexity index is 1190. The number of methoxy groups -OCH3 is 1. The van der Waals surface area contributed by atoms with E-state index in [1.807, 2.05) is 56.5 Å². The number of para-hydroxylation sites is 1. The molecule has 0 aliphatic carbocycles. The van der Waals surface area contributed by atoms with Gasteiger partial charge in [0.1, 0.15) is 0 Å². The fourth-order valence-electron chi connectivity index (χ4n) is 3.65. The number of hydrogen-bond donors (Lipinski definition) is 0. The maximum Gasteiger partial charge on any atom is 0.247 e. The van der Waals surface area contributed by atoms with Crippen molar-refractivity contribution in [1.82, 2.24) is 15.2 Å². The van der Waals surface area contributed by atoms with Crippen LogP contribution in [-0.4, -0.2) is 41.1 Å². The first-order chi connectivity index (χ1) is 16.0. The first-order valence-electron chi connectivity index (χ1n) is 10.4. The van der Waals surface area contributed by atoms with Crippen LogP contribution in [0.15, 0.2) is 46.0 Å². The molecule has 10 heteroatoms. The Morgan fingerprint density at radius 3 is 2.73 bits per heavy atom. The molecular weight excluding hydrogens is 508 g/mol. The van der Waals surface area contributed by atoms with Gasteiger partial charge in [-0.2, -0.15) is 4.98 Å². The van der Waals surface area contributed by atoms with E-state index in [0.29, 0.717) is 50.6 Å². The molecule has 1 atom stereocenters. The van der Waals surface area contributed by atoms with Crippen molar-refractivity contribution in [1.29, 1.82) is 0 Å². The van der Waals surface area contributed by atoms with Crippen molar-refractivity contribution in [3.05, 3.63) is 46.4 Å². The molecule has 3 aromatic rings. The molecule has 2 heterocycles. The van der Waals surface area contributed by atoms with E-state index in [2.05, 4.69) is 31.1 Å². The number of amides is 1. The first-order valence-corrected chi connectivity index (χ1v) is 12.4. The van der Waals surface area contributed by atoms with Gasteiger partial charge in [-0.05, 0) is 47.3 Å². The number of rotatable bonds is 6. The summed E-state index contributed by atoms with van der Waals surface area (Å²) in [5, 5.41) is 9.05. The van der Waals surface area contributed by atoms with E-state index in [1.165, 1.54) is 11.8 Å². The van der Waals surface area contributed by atoms with Crippen LogP contribution in [0.25, 0.3) is 11.3 Å². The summed E-state index contributed by atoms with van der Waals surface area (Å²) >= 11 is 4.93. The zero-order valence-corrected chi connectivity index (χ0v) is 21.1. The molecule has 1 aliphatic rings. The summed E-state index contributed by atoms with van der Waals surface area (Å²) in [4.78, 5) is 19.5. The number of aromatic nitrogens is 3. The zero-order chi connectivity index (χ0) is 23.5.